The highest BCUT2D eigenvalue weighted by Gasteiger charge is 2.25. The van der Waals surface area contributed by atoms with E-state index in [9.17, 15) is 9.59 Å². The van der Waals surface area contributed by atoms with Gasteiger partial charge < -0.3 is 18.9 Å². The first-order chi connectivity index (χ1) is 23.5. The molecule has 0 fully saturated rings. The highest BCUT2D eigenvalue weighted by Crippen LogP contribution is 2.35. The molecule has 5 aromatic carbocycles. The smallest absolute Gasteiger partial charge is 0.490 e. The van der Waals surface area contributed by atoms with Gasteiger partial charge in [0.1, 0.15) is 23.0 Å². The molecule has 5 aromatic rings. The Bertz CT molecular complexity index is 1820. The van der Waals surface area contributed by atoms with Crippen molar-refractivity contribution >= 4 is 12.1 Å². The predicted octanol–water partition coefficient (Wildman–Crippen LogP) is 10.7. The maximum atomic E-state index is 12.6. The standard InChI is InChI=1S/C43H44O6/c1-7-35(8-2)46-36-22-14-31(15-23-36)42(3,4)33-18-26-38(27-19-33)48-41(45)49-39-28-20-34(21-29-39)43(5,6)32-16-24-37(25-17-32)47-40(44)30-12-10-9-11-13-30/h9-29,35H,7-8H2,1-6H3. The fourth-order valence-corrected chi connectivity index (χ4v) is 5.70. The molecule has 0 radical (unpaired) electrons. The summed E-state index contributed by atoms with van der Waals surface area (Å²) in [7, 11) is 0. The third-order valence-electron chi connectivity index (χ3n) is 9.14. The van der Waals surface area contributed by atoms with Gasteiger partial charge >= 0.3 is 12.1 Å². The van der Waals surface area contributed by atoms with Crippen LogP contribution in [0.4, 0.5) is 4.79 Å². The van der Waals surface area contributed by atoms with Crippen LogP contribution in [-0.2, 0) is 10.8 Å². The number of esters is 1. The van der Waals surface area contributed by atoms with Gasteiger partial charge in [0.15, 0.2) is 0 Å². The lowest BCUT2D eigenvalue weighted by Gasteiger charge is -2.27. The van der Waals surface area contributed by atoms with E-state index in [1.165, 1.54) is 0 Å². The van der Waals surface area contributed by atoms with Crippen molar-refractivity contribution in [1.82, 2.24) is 0 Å². The zero-order valence-electron chi connectivity index (χ0n) is 29.1. The lowest BCUT2D eigenvalue weighted by Crippen LogP contribution is -2.19. The van der Waals surface area contributed by atoms with Gasteiger partial charge in [-0.3, -0.25) is 0 Å². The van der Waals surface area contributed by atoms with E-state index in [0.29, 0.717) is 22.8 Å². The molecule has 0 N–H and O–H groups in total. The van der Waals surface area contributed by atoms with Gasteiger partial charge in [-0.25, -0.2) is 9.59 Å². The molecule has 0 atom stereocenters. The van der Waals surface area contributed by atoms with Gasteiger partial charge in [0.25, 0.3) is 0 Å². The van der Waals surface area contributed by atoms with Crippen LogP contribution in [0.5, 0.6) is 23.0 Å². The Morgan fingerprint density at radius 3 is 1.20 bits per heavy atom. The number of hydrogen-bond donors (Lipinski definition) is 0. The zero-order valence-corrected chi connectivity index (χ0v) is 29.1. The Hall–Kier alpha value is -5.36. The van der Waals surface area contributed by atoms with E-state index < -0.39 is 12.1 Å². The van der Waals surface area contributed by atoms with Crippen molar-refractivity contribution in [2.24, 2.45) is 0 Å². The largest absolute Gasteiger partial charge is 0.519 e. The van der Waals surface area contributed by atoms with Crippen molar-refractivity contribution in [3.63, 3.8) is 0 Å². The fraction of sp³-hybridized carbons (Fsp3) is 0.256. The second-order valence-corrected chi connectivity index (χ2v) is 13.1. The summed E-state index contributed by atoms with van der Waals surface area (Å²) in [4.78, 5) is 25.0. The van der Waals surface area contributed by atoms with E-state index in [1.54, 1.807) is 60.7 Å². The average Bonchev–Trinajstić information content (AvgIpc) is 3.12. The highest BCUT2D eigenvalue weighted by molar-refractivity contribution is 5.90. The molecule has 252 valence electrons. The maximum Gasteiger partial charge on any atom is 0.519 e. The minimum absolute atomic E-state index is 0.223. The number of ether oxygens (including phenoxy) is 4. The van der Waals surface area contributed by atoms with Crippen molar-refractivity contribution < 1.29 is 28.5 Å². The third kappa shape index (κ3) is 8.57. The molecule has 0 unspecified atom stereocenters. The molecule has 0 aliphatic heterocycles. The summed E-state index contributed by atoms with van der Waals surface area (Å²) in [6.07, 6.45) is 1.37. The zero-order chi connectivity index (χ0) is 35.0. The number of carbonyl (C=O) groups excluding carboxylic acids is 2. The monoisotopic (exact) mass is 656 g/mol. The summed E-state index contributed by atoms with van der Waals surface area (Å²) in [5.41, 5.74) is 4.17. The maximum absolute atomic E-state index is 12.6. The molecule has 5 rings (SSSR count). The quantitative estimate of drug-likeness (QED) is 0.0756. The fourth-order valence-electron chi connectivity index (χ4n) is 5.70. The molecule has 0 heterocycles. The van der Waals surface area contributed by atoms with E-state index in [2.05, 4.69) is 53.7 Å². The van der Waals surface area contributed by atoms with Crippen LogP contribution in [0.25, 0.3) is 0 Å². The van der Waals surface area contributed by atoms with Crippen LogP contribution >= 0.6 is 0 Å². The molecule has 0 bridgehead atoms. The molecular formula is C43H44O6. The summed E-state index contributed by atoms with van der Waals surface area (Å²) in [6.45, 7) is 12.8. The van der Waals surface area contributed by atoms with Crippen LogP contribution in [-0.4, -0.2) is 18.2 Å². The molecule has 0 saturated carbocycles. The van der Waals surface area contributed by atoms with Gasteiger partial charge in [0.2, 0.25) is 0 Å². The summed E-state index contributed by atoms with van der Waals surface area (Å²) >= 11 is 0. The van der Waals surface area contributed by atoms with E-state index in [-0.39, 0.29) is 16.9 Å². The first-order valence-electron chi connectivity index (χ1n) is 16.7. The molecule has 6 heteroatoms. The van der Waals surface area contributed by atoms with Crippen molar-refractivity contribution in [3.8, 4) is 23.0 Å². The van der Waals surface area contributed by atoms with Crippen LogP contribution in [0.1, 0.15) is 87.0 Å². The van der Waals surface area contributed by atoms with E-state index in [0.717, 1.165) is 40.8 Å². The number of benzene rings is 5. The van der Waals surface area contributed by atoms with Gasteiger partial charge in [-0.05, 0) is 95.8 Å². The first kappa shape index (κ1) is 35.0. The molecule has 49 heavy (non-hydrogen) atoms. The van der Waals surface area contributed by atoms with Crippen molar-refractivity contribution in [2.45, 2.75) is 71.3 Å². The first-order valence-corrected chi connectivity index (χ1v) is 16.7. The van der Waals surface area contributed by atoms with Crippen LogP contribution in [0.2, 0.25) is 0 Å². The number of rotatable bonds is 12. The van der Waals surface area contributed by atoms with Crippen LogP contribution in [0.3, 0.4) is 0 Å². The molecule has 0 spiro atoms. The number of hydrogen-bond acceptors (Lipinski definition) is 6. The van der Waals surface area contributed by atoms with Crippen molar-refractivity contribution in [1.29, 1.82) is 0 Å². The summed E-state index contributed by atoms with van der Waals surface area (Å²) in [5.74, 6) is 1.73. The van der Waals surface area contributed by atoms with Crippen LogP contribution < -0.4 is 18.9 Å². The Morgan fingerprint density at radius 1 is 0.490 bits per heavy atom. The van der Waals surface area contributed by atoms with Gasteiger partial charge in [-0.15, -0.1) is 0 Å². The molecule has 0 saturated heterocycles. The second kappa shape index (κ2) is 15.2. The molecule has 0 amide bonds. The lowest BCUT2D eigenvalue weighted by molar-refractivity contribution is 0.0734. The second-order valence-electron chi connectivity index (χ2n) is 13.1. The molecular weight excluding hydrogens is 612 g/mol. The van der Waals surface area contributed by atoms with Gasteiger partial charge in [-0.2, -0.15) is 0 Å². The Balaban J connectivity index is 1.16. The van der Waals surface area contributed by atoms with Crippen LogP contribution in [0, 0.1) is 0 Å². The third-order valence-corrected chi connectivity index (χ3v) is 9.14. The predicted molar refractivity (Wildman–Crippen MR) is 193 cm³/mol. The van der Waals surface area contributed by atoms with Crippen molar-refractivity contribution in [2.75, 3.05) is 0 Å². The molecule has 6 nitrogen and oxygen atoms in total. The van der Waals surface area contributed by atoms with Gasteiger partial charge in [0, 0.05) is 10.8 Å². The average molecular weight is 657 g/mol. The summed E-state index contributed by atoms with van der Waals surface area (Å²) in [6, 6.07) is 39.5. The highest BCUT2D eigenvalue weighted by atomic mass is 16.7. The summed E-state index contributed by atoms with van der Waals surface area (Å²) < 4.78 is 22.6. The molecule has 0 aliphatic rings. The minimum Gasteiger partial charge on any atom is -0.490 e. The van der Waals surface area contributed by atoms with E-state index in [1.807, 2.05) is 54.6 Å². The van der Waals surface area contributed by atoms with Gasteiger partial charge in [-0.1, -0.05) is 108 Å². The van der Waals surface area contributed by atoms with Crippen molar-refractivity contribution in [3.05, 3.63) is 155 Å². The van der Waals surface area contributed by atoms with E-state index >= 15 is 0 Å². The lowest BCUT2D eigenvalue weighted by atomic mass is 9.78. The number of carbonyl (C=O) groups is 2. The minimum atomic E-state index is -0.812. The normalized spacial score (nSPS) is 11.6. The SMILES string of the molecule is CCC(CC)Oc1ccc(C(C)(C)c2ccc(OC(=O)Oc3ccc(C(C)(C)c4ccc(OC(=O)c5ccccc5)cc4)cc3)cc2)cc1. The van der Waals surface area contributed by atoms with Crippen LogP contribution in [0.15, 0.2) is 127 Å². The summed E-state index contributed by atoms with van der Waals surface area (Å²) in [5, 5.41) is 0. The van der Waals surface area contributed by atoms with Gasteiger partial charge in [0.05, 0.1) is 11.7 Å². The Labute approximate surface area is 289 Å². The molecule has 0 aliphatic carbocycles. The van der Waals surface area contributed by atoms with E-state index in [4.69, 9.17) is 18.9 Å². The Morgan fingerprint density at radius 2 is 0.837 bits per heavy atom. The molecule has 0 aromatic heterocycles. The Kier molecular flexibility index (Phi) is 10.9. The topological polar surface area (TPSA) is 71.1 Å².